The molecule has 0 radical (unpaired) electrons. The molecule has 0 amide bonds. The average Bonchev–Trinajstić information content (AvgIpc) is 3.65. The standard InChI is InChI=1S/C44H27N5S2/c1-2-11-28(12-3-1)40-47-41(30-20-21-36-29(22-30)19-18-27-10-4-6-14-35(27)36)49-42(48-40)32-23-33(43-45-37-15-7-5-13-31(37)26-50-43)25-34(24-32)44-46-38-16-8-9-17-39(38)51-44/h1-25H,26H2. The minimum atomic E-state index is 0.600. The van der Waals surface area contributed by atoms with Crippen LogP contribution in [0, 0.1) is 0 Å². The summed E-state index contributed by atoms with van der Waals surface area (Å²) in [6, 6.07) is 52.6. The quantitative estimate of drug-likeness (QED) is 0.168. The predicted molar refractivity (Wildman–Crippen MR) is 214 cm³/mol. The van der Waals surface area contributed by atoms with Crippen molar-refractivity contribution in [1.82, 2.24) is 19.9 Å². The van der Waals surface area contributed by atoms with E-state index in [1.54, 1.807) is 23.1 Å². The van der Waals surface area contributed by atoms with Crippen LogP contribution in [-0.4, -0.2) is 25.0 Å². The van der Waals surface area contributed by atoms with E-state index in [1.807, 2.05) is 42.5 Å². The number of aliphatic imine (C=N–C) groups is 1. The number of fused-ring (bicyclic) bond motifs is 5. The SMILES string of the molecule is c1ccc(-c2nc(-c3cc(C4=Nc5ccccc5CS4)cc(-c4nc5ccccc5s4)c3)nc(-c3ccc4c(ccc5ccccc54)c3)n2)cc1. The molecule has 51 heavy (non-hydrogen) atoms. The van der Waals surface area contributed by atoms with Gasteiger partial charge in [0.1, 0.15) is 10.1 Å². The largest absolute Gasteiger partial charge is 0.241 e. The van der Waals surface area contributed by atoms with Crippen molar-refractivity contribution in [3.63, 3.8) is 0 Å². The van der Waals surface area contributed by atoms with Crippen molar-refractivity contribution in [3.8, 4) is 44.7 Å². The highest BCUT2D eigenvalue weighted by Gasteiger charge is 2.20. The number of para-hydroxylation sites is 2. The zero-order chi connectivity index (χ0) is 33.7. The van der Waals surface area contributed by atoms with Gasteiger partial charge in [-0.05, 0) is 69.6 Å². The Hall–Kier alpha value is -6.02. The van der Waals surface area contributed by atoms with E-state index in [-0.39, 0.29) is 0 Å². The summed E-state index contributed by atoms with van der Waals surface area (Å²) in [7, 11) is 0. The fraction of sp³-hybridized carbons (Fsp3) is 0.0227. The van der Waals surface area contributed by atoms with Crippen LogP contribution in [0.3, 0.4) is 0 Å². The first-order valence-electron chi connectivity index (χ1n) is 16.8. The maximum atomic E-state index is 5.18. The van der Waals surface area contributed by atoms with Crippen molar-refractivity contribution in [3.05, 3.63) is 163 Å². The highest BCUT2D eigenvalue weighted by molar-refractivity contribution is 8.13. The summed E-state index contributed by atoms with van der Waals surface area (Å²) in [6.45, 7) is 0. The van der Waals surface area contributed by atoms with E-state index in [4.69, 9.17) is 24.9 Å². The Bertz CT molecular complexity index is 2790. The number of thioether (sulfide) groups is 1. The van der Waals surface area contributed by atoms with Crippen LogP contribution in [0.1, 0.15) is 11.1 Å². The molecule has 1 aliphatic heterocycles. The van der Waals surface area contributed by atoms with Gasteiger partial charge in [-0.25, -0.2) is 24.9 Å². The van der Waals surface area contributed by atoms with Crippen LogP contribution in [0.4, 0.5) is 5.69 Å². The van der Waals surface area contributed by atoms with Gasteiger partial charge in [0.2, 0.25) is 0 Å². The molecule has 0 saturated carbocycles. The van der Waals surface area contributed by atoms with Gasteiger partial charge in [0.25, 0.3) is 0 Å². The molecule has 0 unspecified atom stereocenters. The van der Waals surface area contributed by atoms with Gasteiger partial charge in [-0.1, -0.05) is 109 Å². The molecule has 10 rings (SSSR count). The Balaban J connectivity index is 1.17. The topological polar surface area (TPSA) is 63.9 Å². The third-order valence-electron chi connectivity index (χ3n) is 9.23. The molecule has 3 heterocycles. The monoisotopic (exact) mass is 689 g/mol. The number of rotatable bonds is 5. The summed E-state index contributed by atoms with van der Waals surface area (Å²) >= 11 is 3.44. The molecule has 0 bridgehead atoms. The molecular weight excluding hydrogens is 663 g/mol. The first-order chi connectivity index (χ1) is 25.2. The summed E-state index contributed by atoms with van der Waals surface area (Å²) < 4.78 is 1.15. The summed E-state index contributed by atoms with van der Waals surface area (Å²) in [4.78, 5) is 25.5. The van der Waals surface area contributed by atoms with Crippen molar-refractivity contribution in [2.45, 2.75) is 5.75 Å². The van der Waals surface area contributed by atoms with Crippen molar-refractivity contribution in [1.29, 1.82) is 0 Å². The minimum absolute atomic E-state index is 0.600. The van der Waals surface area contributed by atoms with E-state index in [0.29, 0.717) is 17.5 Å². The van der Waals surface area contributed by atoms with Gasteiger partial charge in [0.05, 0.1) is 15.9 Å². The summed E-state index contributed by atoms with van der Waals surface area (Å²) in [5.41, 5.74) is 8.01. The number of nitrogens with zero attached hydrogens (tertiary/aromatic N) is 5. The number of thiazole rings is 1. The fourth-order valence-electron chi connectivity index (χ4n) is 6.68. The normalized spacial score (nSPS) is 12.7. The smallest absolute Gasteiger partial charge is 0.164 e. The summed E-state index contributed by atoms with van der Waals surface area (Å²) in [5, 5.41) is 6.71. The highest BCUT2D eigenvalue weighted by atomic mass is 32.2. The molecule has 1 aliphatic rings. The van der Waals surface area contributed by atoms with Gasteiger partial charge in [-0.15, -0.1) is 23.1 Å². The Morgan fingerprint density at radius 2 is 1.14 bits per heavy atom. The van der Waals surface area contributed by atoms with Crippen LogP contribution in [0.15, 0.2) is 157 Å². The molecular formula is C44H27N5S2. The van der Waals surface area contributed by atoms with E-state index >= 15 is 0 Å². The van der Waals surface area contributed by atoms with E-state index < -0.39 is 0 Å². The van der Waals surface area contributed by atoms with Crippen molar-refractivity contribution in [2.75, 3.05) is 0 Å². The minimum Gasteiger partial charge on any atom is -0.241 e. The van der Waals surface area contributed by atoms with Crippen LogP contribution in [0.5, 0.6) is 0 Å². The lowest BCUT2D eigenvalue weighted by atomic mass is 10.00. The zero-order valence-electron chi connectivity index (χ0n) is 27.2. The van der Waals surface area contributed by atoms with Crippen molar-refractivity contribution in [2.24, 2.45) is 4.99 Å². The lowest BCUT2D eigenvalue weighted by molar-refractivity contribution is 1.07. The maximum absolute atomic E-state index is 5.18. The molecule has 0 saturated heterocycles. The number of hydrogen-bond donors (Lipinski definition) is 0. The molecule has 5 nitrogen and oxygen atoms in total. The van der Waals surface area contributed by atoms with Gasteiger partial charge in [0.15, 0.2) is 17.5 Å². The van der Waals surface area contributed by atoms with Crippen LogP contribution in [0.2, 0.25) is 0 Å². The molecule has 0 aliphatic carbocycles. The predicted octanol–water partition coefficient (Wildman–Crippen LogP) is 11.8. The second kappa shape index (κ2) is 12.4. The van der Waals surface area contributed by atoms with Crippen LogP contribution in [-0.2, 0) is 5.75 Å². The van der Waals surface area contributed by atoms with Gasteiger partial charge in [-0.2, -0.15) is 0 Å². The van der Waals surface area contributed by atoms with Crippen LogP contribution >= 0.6 is 23.1 Å². The fourth-order valence-corrected chi connectivity index (χ4v) is 8.62. The highest BCUT2D eigenvalue weighted by Crippen LogP contribution is 2.38. The van der Waals surface area contributed by atoms with E-state index in [9.17, 15) is 0 Å². The lowest BCUT2D eigenvalue weighted by Gasteiger charge is -2.16. The Morgan fingerprint density at radius 1 is 0.451 bits per heavy atom. The van der Waals surface area contributed by atoms with E-state index in [0.717, 1.165) is 64.9 Å². The number of aromatic nitrogens is 4. The van der Waals surface area contributed by atoms with E-state index in [1.165, 1.54) is 21.7 Å². The van der Waals surface area contributed by atoms with Gasteiger partial charge in [-0.3, -0.25) is 0 Å². The first kappa shape index (κ1) is 29.9. The Kier molecular flexibility index (Phi) is 7.25. The molecule has 7 aromatic carbocycles. The maximum Gasteiger partial charge on any atom is 0.164 e. The number of hydrogen-bond acceptors (Lipinski definition) is 7. The van der Waals surface area contributed by atoms with Gasteiger partial charge < -0.3 is 0 Å². The van der Waals surface area contributed by atoms with Crippen molar-refractivity contribution >= 4 is 65.6 Å². The molecule has 0 spiro atoms. The molecule has 0 atom stereocenters. The lowest BCUT2D eigenvalue weighted by Crippen LogP contribution is -2.04. The summed E-state index contributed by atoms with van der Waals surface area (Å²) in [6.07, 6.45) is 0. The third-order valence-corrected chi connectivity index (χ3v) is 11.4. The second-order valence-electron chi connectivity index (χ2n) is 12.5. The number of benzene rings is 7. The van der Waals surface area contributed by atoms with Crippen LogP contribution < -0.4 is 0 Å². The van der Waals surface area contributed by atoms with Gasteiger partial charge in [0, 0.05) is 33.6 Å². The third kappa shape index (κ3) is 5.57. The molecule has 0 N–H and O–H groups in total. The summed E-state index contributed by atoms with van der Waals surface area (Å²) in [5.74, 6) is 2.71. The van der Waals surface area contributed by atoms with Crippen molar-refractivity contribution < 1.29 is 0 Å². The Morgan fingerprint density at radius 3 is 2.04 bits per heavy atom. The second-order valence-corrected chi connectivity index (χ2v) is 14.5. The molecule has 0 fully saturated rings. The van der Waals surface area contributed by atoms with E-state index in [2.05, 4.69) is 109 Å². The molecule has 2 aromatic heterocycles. The molecule has 9 aromatic rings. The zero-order valence-corrected chi connectivity index (χ0v) is 28.8. The Labute approximate surface area is 302 Å². The molecule has 7 heteroatoms. The van der Waals surface area contributed by atoms with Crippen LogP contribution in [0.25, 0.3) is 76.5 Å². The first-order valence-corrected chi connectivity index (χ1v) is 18.6. The van der Waals surface area contributed by atoms with Gasteiger partial charge >= 0.3 is 0 Å². The molecule has 240 valence electrons. The average molecular weight is 690 g/mol.